The van der Waals surface area contributed by atoms with E-state index in [1.807, 2.05) is 30.3 Å². The molecule has 4 heteroatoms. The Balaban J connectivity index is 2.47. The van der Waals surface area contributed by atoms with Crippen LogP contribution in [0.5, 0.6) is 0 Å². The molecule has 0 heterocycles. The number of ether oxygens (including phenoxy) is 1. The van der Waals surface area contributed by atoms with Gasteiger partial charge in [0.15, 0.2) is 0 Å². The van der Waals surface area contributed by atoms with Crippen molar-refractivity contribution in [1.29, 1.82) is 0 Å². The maximum atomic E-state index is 12.0. The zero-order valence-corrected chi connectivity index (χ0v) is 12.6. The molecule has 0 fully saturated rings. The third-order valence-corrected chi connectivity index (χ3v) is 2.96. The third kappa shape index (κ3) is 6.57. The van der Waals surface area contributed by atoms with Crippen LogP contribution < -0.4 is 0 Å². The number of nitrogens with zero attached hydrogens (tertiary/aromatic N) is 1. The lowest BCUT2D eigenvalue weighted by Gasteiger charge is -2.25. The van der Waals surface area contributed by atoms with Crippen LogP contribution in [-0.2, 0) is 11.3 Å². The van der Waals surface area contributed by atoms with Crippen molar-refractivity contribution in [2.45, 2.75) is 33.8 Å². The molecule has 112 valence electrons. The van der Waals surface area contributed by atoms with Gasteiger partial charge in [0.25, 0.3) is 0 Å². The zero-order chi connectivity index (χ0) is 15.0. The van der Waals surface area contributed by atoms with Gasteiger partial charge in [-0.1, -0.05) is 51.1 Å². The van der Waals surface area contributed by atoms with E-state index in [4.69, 9.17) is 9.84 Å². The number of benzene rings is 1. The van der Waals surface area contributed by atoms with Crippen LogP contribution in [0.1, 0.15) is 32.8 Å². The van der Waals surface area contributed by atoms with Gasteiger partial charge < -0.3 is 14.7 Å². The molecule has 0 aromatic heterocycles. The van der Waals surface area contributed by atoms with E-state index in [1.54, 1.807) is 4.90 Å². The molecule has 0 bridgehead atoms. The predicted octanol–water partition coefficient (Wildman–Crippen LogP) is 3.05. The molecule has 0 atom stereocenters. The summed E-state index contributed by atoms with van der Waals surface area (Å²) in [5.74, 6) is 0. The van der Waals surface area contributed by atoms with E-state index in [1.165, 1.54) is 0 Å². The molecule has 0 unspecified atom stereocenters. The van der Waals surface area contributed by atoms with Gasteiger partial charge in [-0.2, -0.15) is 0 Å². The molecule has 0 saturated heterocycles. The van der Waals surface area contributed by atoms with Gasteiger partial charge in [-0.15, -0.1) is 0 Å². The van der Waals surface area contributed by atoms with Gasteiger partial charge in [0.2, 0.25) is 0 Å². The number of hydrogen-bond donors (Lipinski definition) is 1. The minimum absolute atomic E-state index is 0.0510. The summed E-state index contributed by atoms with van der Waals surface area (Å²) in [6.07, 6.45) is 0.500. The molecule has 1 N–H and O–H groups in total. The number of hydrogen-bond acceptors (Lipinski definition) is 3. The van der Waals surface area contributed by atoms with Crippen LogP contribution in [0.2, 0.25) is 0 Å². The van der Waals surface area contributed by atoms with E-state index in [-0.39, 0.29) is 24.7 Å². The topological polar surface area (TPSA) is 49.8 Å². The summed E-state index contributed by atoms with van der Waals surface area (Å²) in [6, 6.07) is 9.58. The summed E-state index contributed by atoms with van der Waals surface area (Å²) >= 11 is 0. The van der Waals surface area contributed by atoms with Crippen molar-refractivity contribution < 1.29 is 14.6 Å². The van der Waals surface area contributed by atoms with Gasteiger partial charge in [-0.3, -0.25) is 0 Å². The van der Waals surface area contributed by atoms with Crippen molar-refractivity contribution in [2.75, 3.05) is 19.7 Å². The highest BCUT2D eigenvalue weighted by Crippen LogP contribution is 2.19. The molecular weight excluding hydrogens is 254 g/mol. The van der Waals surface area contributed by atoms with Gasteiger partial charge in [-0.25, -0.2) is 4.79 Å². The fourth-order valence-corrected chi connectivity index (χ4v) is 1.70. The SMILES string of the molecule is CC(C)(C)CCN(CCO)C(=O)OCc1ccccc1. The summed E-state index contributed by atoms with van der Waals surface area (Å²) in [6.45, 7) is 7.49. The Hall–Kier alpha value is -1.55. The summed E-state index contributed by atoms with van der Waals surface area (Å²) < 4.78 is 5.28. The Labute approximate surface area is 121 Å². The molecule has 0 radical (unpaired) electrons. The number of carbonyl (C=O) groups is 1. The largest absolute Gasteiger partial charge is 0.445 e. The van der Waals surface area contributed by atoms with Crippen molar-refractivity contribution in [1.82, 2.24) is 4.90 Å². The summed E-state index contributed by atoms with van der Waals surface area (Å²) in [5.41, 5.74) is 1.11. The molecule has 0 aliphatic heterocycles. The standard InChI is InChI=1S/C16H25NO3/c1-16(2,3)9-10-17(11-12-18)15(19)20-13-14-7-5-4-6-8-14/h4-8,18H,9-13H2,1-3H3. The first kappa shape index (κ1) is 16.5. The van der Waals surface area contributed by atoms with E-state index in [9.17, 15) is 4.79 Å². The normalized spacial score (nSPS) is 11.2. The first-order valence-electron chi connectivity index (χ1n) is 6.99. The van der Waals surface area contributed by atoms with Crippen molar-refractivity contribution in [3.63, 3.8) is 0 Å². The van der Waals surface area contributed by atoms with Crippen molar-refractivity contribution in [2.24, 2.45) is 5.41 Å². The second-order valence-electron chi connectivity index (χ2n) is 6.06. The fourth-order valence-electron chi connectivity index (χ4n) is 1.70. The number of carbonyl (C=O) groups excluding carboxylic acids is 1. The lowest BCUT2D eigenvalue weighted by atomic mass is 9.92. The lowest BCUT2D eigenvalue weighted by Crippen LogP contribution is -2.36. The summed E-state index contributed by atoms with van der Waals surface area (Å²) in [5, 5.41) is 9.05. The van der Waals surface area contributed by atoms with Crippen molar-refractivity contribution >= 4 is 6.09 Å². The highest BCUT2D eigenvalue weighted by molar-refractivity contribution is 5.67. The van der Waals surface area contributed by atoms with Crippen LogP contribution in [0.25, 0.3) is 0 Å². The average molecular weight is 279 g/mol. The van der Waals surface area contributed by atoms with E-state index in [0.717, 1.165) is 12.0 Å². The molecule has 1 amide bonds. The number of aliphatic hydroxyl groups excluding tert-OH is 1. The van der Waals surface area contributed by atoms with Gasteiger partial charge in [0.1, 0.15) is 6.61 Å². The minimum Gasteiger partial charge on any atom is -0.445 e. The first-order chi connectivity index (χ1) is 9.42. The Morgan fingerprint density at radius 2 is 1.85 bits per heavy atom. The van der Waals surface area contributed by atoms with Crippen LogP contribution >= 0.6 is 0 Å². The van der Waals surface area contributed by atoms with Crippen molar-refractivity contribution in [3.8, 4) is 0 Å². The number of rotatable bonds is 6. The predicted molar refractivity (Wildman–Crippen MR) is 79.4 cm³/mol. The quantitative estimate of drug-likeness (QED) is 0.870. The first-order valence-corrected chi connectivity index (χ1v) is 6.99. The Morgan fingerprint density at radius 1 is 1.20 bits per heavy atom. The van der Waals surface area contributed by atoms with E-state index in [0.29, 0.717) is 13.1 Å². The molecule has 1 rings (SSSR count). The third-order valence-electron chi connectivity index (χ3n) is 2.96. The smallest absolute Gasteiger partial charge is 0.410 e. The highest BCUT2D eigenvalue weighted by Gasteiger charge is 2.18. The van der Waals surface area contributed by atoms with E-state index >= 15 is 0 Å². The molecule has 0 aliphatic rings. The zero-order valence-electron chi connectivity index (χ0n) is 12.6. The van der Waals surface area contributed by atoms with Gasteiger partial charge in [-0.05, 0) is 17.4 Å². The fraction of sp³-hybridized carbons (Fsp3) is 0.562. The van der Waals surface area contributed by atoms with Gasteiger partial charge in [0, 0.05) is 13.1 Å². The van der Waals surface area contributed by atoms with Crippen LogP contribution in [0.3, 0.4) is 0 Å². The monoisotopic (exact) mass is 279 g/mol. The number of amides is 1. The number of aliphatic hydroxyl groups is 1. The van der Waals surface area contributed by atoms with Crippen molar-refractivity contribution in [3.05, 3.63) is 35.9 Å². The molecule has 1 aromatic rings. The maximum Gasteiger partial charge on any atom is 0.410 e. The van der Waals surface area contributed by atoms with Crippen LogP contribution in [0.15, 0.2) is 30.3 Å². The van der Waals surface area contributed by atoms with Gasteiger partial charge in [0.05, 0.1) is 6.61 Å². The second kappa shape index (κ2) is 7.90. The Bertz CT molecular complexity index is 398. The summed E-state index contributed by atoms with van der Waals surface area (Å²) in [4.78, 5) is 13.6. The molecule has 4 nitrogen and oxygen atoms in total. The van der Waals surface area contributed by atoms with Gasteiger partial charge >= 0.3 is 6.09 Å². The van der Waals surface area contributed by atoms with Crippen LogP contribution in [0.4, 0.5) is 4.79 Å². The molecule has 20 heavy (non-hydrogen) atoms. The van der Waals surface area contributed by atoms with Crippen LogP contribution in [0, 0.1) is 5.41 Å². The second-order valence-corrected chi connectivity index (χ2v) is 6.06. The highest BCUT2D eigenvalue weighted by atomic mass is 16.6. The average Bonchev–Trinajstić information content (AvgIpc) is 2.41. The molecule has 0 spiro atoms. The van der Waals surface area contributed by atoms with Crippen LogP contribution in [-0.4, -0.2) is 35.8 Å². The molecular formula is C16H25NO3. The maximum absolute atomic E-state index is 12.0. The molecule has 0 aliphatic carbocycles. The van der Waals surface area contributed by atoms with E-state index < -0.39 is 0 Å². The van der Waals surface area contributed by atoms with E-state index in [2.05, 4.69) is 20.8 Å². The summed E-state index contributed by atoms with van der Waals surface area (Å²) in [7, 11) is 0. The minimum atomic E-state index is -0.368. The Morgan fingerprint density at radius 3 is 2.40 bits per heavy atom. The lowest BCUT2D eigenvalue weighted by molar-refractivity contribution is 0.0843. The Kier molecular flexibility index (Phi) is 6.52. The molecule has 1 aromatic carbocycles. The molecule has 0 saturated carbocycles.